The Labute approximate surface area is 116 Å². The molecule has 0 aromatic heterocycles. The summed E-state index contributed by atoms with van der Waals surface area (Å²) in [5.74, 6) is 0. The van der Waals surface area contributed by atoms with Gasteiger partial charge in [-0.25, -0.2) is 0 Å². The largest absolute Gasteiger partial charge is 0.304 e. The summed E-state index contributed by atoms with van der Waals surface area (Å²) in [5, 5.41) is 0. The van der Waals surface area contributed by atoms with Crippen LogP contribution in [0.25, 0.3) is 0 Å². The summed E-state index contributed by atoms with van der Waals surface area (Å²) in [7, 11) is -3.32. The molecule has 0 bridgehead atoms. The van der Waals surface area contributed by atoms with Crippen molar-refractivity contribution in [2.24, 2.45) is 0 Å². The smallest absolute Gasteiger partial charge is 0.257 e. The molecule has 0 atom stereocenters. The van der Waals surface area contributed by atoms with Crippen molar-refractivity contribution >= 4 is 31.8 Å². The molecule has 0 radical (unpaired) electrons. The second-order valence-corrected chi connectivity index (χ2v) is 7.48. The lowest BCUT2D eigenvalue weighted by Crippen LogP contribution is -2.41. The Morgan fingerprint density at radius 2 is 1.83 bits per heavy atom. The van der Waals surface area contributed by atoms with E-state index in [-0.39, 0.29) is 0 Å². The van der Waals surface area contributed by atoms with Gasteiger partial charge in [-0.1, -0.05) is 22.0 Å². The lowest BCUT2D eigenvalue weighted by atomic mass is 10.2. The zero-order valence-corrected chi connectivity index (χ0v) is 12.4. The van der Waals surface area contributed by atoms with Crippen LogP contribution >= 0.6 is 15.9 Å². The lowest BCUT2D eigenvalue weighted by molar-refractivity contribution is 0.474. The SMILES string of the molecule is O=S(=O)(N1CCCC1)N1CCc2ccc(Br)cc21. The van der Waals surface area contributed by atoms with Crippen molar-refractivity contribution in [1.82, 2.24) is 4.31 Å². The minimum absolute atomic E-state index is 0.560. The number of fused-ring (bicyclic) bond motifs is 1. The van der Waals surface area contributed by atoms with Gasteiger partial charge in [0, 0.05) is 24.1 Å². The molecule has 1 saturated heterocycles. The topological polar surface area (TPSA) is 40.6 Å². The van der Waals surface area contributed by atoms with Crippen molar-refractivity contribution in [3.63, 3.8) is 0 Å². The van der Waals surface area contributed by atoms with Gasteiger partial charge in [-0.3, -0.25) is 4.31 Å². The standard InChI is InChI=1S/C12H15BrN2O2S/c13-11-4-3-10-5-8-15(12(10)9-11)18(16,17)14-6-1-2-7-14/h3-4,9H,1-2,5-8H2. The number of hydrogen-bond donors (Lipinski definition) is 0. The molecule has 0 unspecified atom stereocenters. The van der Waals surface area contributed by atoms with Gasteiger partial charge in [0.15, 0.2) is 0 Å². The van der Waals surface area contributed by atoms with Gasteiger partial charge in [0.25, 0.3) is 0 Å². The van der Waals surface area contributed by atoms with Crippen LogP contribution in [0.5, 0.6) is 0 Å². The zero-order valence-electron chi connectivity index (χ0n) is 9.97. The second kappa shape index (κ2) is 4.51. The van der Waals surface area contributed by atoms with Crippen molar-refractivity contribution in [3.05, 3.63) is 28.2 Å². The summed E-state index contributed by atoms with van der Waals surface area (Å²) in [4.78, 5) is 0. The van der Waals surface area contributed by atoms with Crippen molar-refractivity contribution in [3.8, 4) is 0 Å². The molecule has 0 saturated carbocycles. The molecule has 0 spiro atoms. The molecule has 18 heavy (non-hydrogen) atoms. The van der Waals surface area contributed by atoms with E-state index in [0.717, 1.165) is 35.0 Å². The minimum atomic E-state index is -3.32. The summed E-state index contributed by atoms with van der Waals surface area (Å²) in [6.45, 7) is 1.87. The van der Waals surface area contributed by atoms with Gasteiger partial charge in [0.1, 0.15) is 0 Å². The fourth-order valence-corrected chi connectivity index (χ4v) is 4.71. The van der Waals surface area contributed by atoms with E-state index >= 15 is 0 Å². The van der Waals surface area contributed by atoms with Gasteiger partial charge in [-0.2, -0.15) is 12.7 Å². The van der Waals surface area contributed by atoms with Crippen molar-refractivity contribution in [1.29, 1.82) is 0 Å². The van der Waals surface area contributed by atoms with E-state index in [4.69, 9.17) is 0 Å². The van der Waals surface area contributed by atoms with Crippen molar-refractivity contribution < 1.29 is 8.42 Å². The Kier molecular flexibility index (Phi) is 3.11. The molecule has 3 rings (SSSR count). The van der Waals surface area contributed by atoms with Gasteiger partial charge in [-0.15, -0.1) is 0 Å². The molecular formula is C12H15BrN2O2S. The van der Waals surface area contributed by atoms with Crippen LogP contribution in [0, 0.1) is 0 Å². The highest BCUT2D eigenvalue weighted by Crippen LogP contribution is 2.34. The Balaban J connectivity index is 1.98. The van der Waals surface area contributed by atoms with E-state index in [1.165, 1.54) is 0 Å². The first-order valence-corrected chi connectivity index (χ1v) is 8.34. The predicted octanol–water partition coefficient (Wildman–Crippen LogP) is 2.15. The van der Waals surface area contributed by atoms with E-state index in [2.05, 4.69) is 15.9 Å². The van der Waals surface area contributed by atoms with E-state index in [1.807, 2.05) is 18.2 Å². The van der Waals surface area contributed by atoms with Gasteiger partial charge in [0.05, 0.1) is 5.69 Å². The molecule has 1 aromatic carbocycles. The molecule has 2 heterocycles. The first-order chi connectivity index (χ1) is 8.59. The molecule has 1 fully saturated rings. The summed E-state index contributed by atoms with van der Waals surface area (Å²) in [6, 6.07) is 5.86. The number of nitrogens with zero attached hydrogens (tertiary/aromatic N) is 2. The molecule has 6 heteroatoms. The monoisotopic (exact) mass is 330 g/mol. The molecule has 2 aliphatic heterocycles. The average Bonchev–Trinajstić information content (AvgIpc) is 2.97. The van der Waals surface area contributed by atoms with Crippen LogP contribution in [0.1, 0.15) is 18.4 Å². The van der Waals surface area contributed by atoms with Crippen LogP contribution in [0.2, 0.25) is 0 Å². The maximum absolute atomic E-state index is 12.5. The summed E-state index contributed by atoms with van der Waals surface area (Å²) in [6.07, 6.45) is 2.74. The van der Waals surface area contributed by atoms with E-state index in [0.29, 0.717) is 19.6 Å². The second-order valence-electron chi connectivity index (χ2n) is 4.71. The number of halogens is 1. The Bertz CT molecular complexity index is 567. The molecule has 0 amide bonds. The minimum Gasteiger partial charge on any atom is -0.257 e. The van der Waals surface area contributed by atoms with Gasteiger partial charge in [0.2, 0.25) is 0 Å². The predicted molar refractivity (Wildman–Crippen MR) is 74.9 cm³/mol. The molecule has 4 nitrogen and oxygen atoms in total. The maximum atomic E-state index is 12.5. The van der Waals surface area contributed by atoms with Crippen molar-refractivity contribution in [2.45, 2.75) is 19.3 Å². The fraction of sp³-hybridized carbons (Fsp3) is 0.500. The van der Waals surface area contributed by atoms with E-state index in [1.54, 1.807) is 8.61 Å². The Morgan fingerprint density at radius 3 is 2.56 bits per heavy atom. The zero-order chi connectivity index (χ0) is 12.8. The van der Waals surface area contributed by atoms with E-state index in [9.17, 15) is 8.42 Å². The Hall–Kier alpha value is -0.590. The highest BCUT2D eigenvalue weighted by Gasteiger charge is 2.35. The molecule has 98 valence electrons. The van der Waals surface area contributed by atoms with Crippen LogP contribution in [0.3, 0.4) is 0 Å². The van der Waals surface area contributed by atoms with Crippen LogP contribution in [-0.4, -0.2) is 32.4 Å². The van der Waals surface area contributed by atoms with Gasteiger partial charge in [-0.05, 0) is 37.0 Å². The molecule has 0 N–H and O–H groups in total. The summed E-state index contributed by atoms with van der Waals surface area (Å²) >= 11 is 3.41. The van der Waals surface area contributed by atoms with Crippen LogP contribution in [-0.2, 0) is 16.6 Å². The first-order valence-electron chi connectivity index (χ1n) is 6.15. The molecule has 2 aliphatic rings. The third kappa shape index (κ3) is 1.96. The highest BCUT2D eigenvalue weighted by molar-refractivity contribution is 9.10. The average molecular weight is 331 g/mol. The van der Waals surface area contributed by atoms with E-state index < -0.39 is 10.2 Å². The third-order valence-electron chi connectivity index (χ3n) is 3.57. The number of anilines is 1. The summed E-state index contributed by atoms with van der Waals surface area (Å²) < 4.78 is 29.2. The van der Waals surface area contributed by atoms with Gasteiger partial charge >= 0.3 is 10.2 Å². The number of benzene rings is 1. The fourth-order valence-electron chi connectivity index (χ4n) is 2.62. The van der Waals surface area contributed by atoms with Crippen LogP contribution < -0.4 is 4.31 Å². The summed E-state index contributed by atoms with van der Waals surface area (Å²) in [5.41, 5.74) is 1.94. The maximum Gasteiger partial charge on any atom is 0.304 e. The Morgan fingerprint density at radius 1 is 1.11 bits per heavy atom. The first kappa shape index (κ1) is 12.4. The van der Waals surface area contributed by atoms with Gasteiger partial charge < -0.3 is 0 Å². The molecule has 0 aliphatic carbocycles. The highest BCUT2D eigenvalue weighted by atomic mass is 79.9. The molecule has 1 aromatic rings. The number of hydrogen-bond acceptors (Lipinski definition) is 2. The molecular weight excluding hydrogens is 316 g/mol. The normalized spacial score (nSPS) is 20.4. The number of rotatable bonds is 2. The quantitative estimate of drug-likeness (QED) is 0.833. The van der Waals surface area contributed by atoms with Crippen LogP contribution in [0.4, 0.5) is 5.69 Å². The van der Waals surface area contributed by atoms with Crippen LogP contribution in [0.15, 0.2) is 22.7 Å². The van der Waals surface area contributed by atoms with Crippen molar-refractivity contribution in [2.75, 3.05) is 23.9 Å². The lowest BCUT2D eigenvalue weighted by Gasteiger charge is -2.25. The third-order valence-corrected chi connectivity index (χ3v) is 6.02.